The van der Waals surface area contributed by atoms with Gasteiger partial charge in [0.1, 0.15) is 11.3 Å². The molecule has 0 saturated carbocycles. The summed E-state index contributed by atoms with van der Waals surface area (Å²) in [5.41, 5.74) is 3.67. The first kappa shape index (κ1) is 20.7. The van der Waals surface area contributed by atoms with Crippen molar-refractivity contribution in [3.05, 3.63) is 57.0 Å². The molecule has 0 saturated heterocycles. The lowest BCUT2D eigenvalue weighted by atomic mass is 10.1. The summed E-state index contributed by atoms with van der Waals surface area (Å²) in [5.74, 6) is 0.782. The molecule has 1 aliphatic heterocycles. The second-order valence-corrected chi connectivity index (χ2v) is 9.30. The molecule has 2 aromatic rings. The van der Waals surface area contributed by atoms with Crippen molar-refractivity contribution in [2.24, 2.45) is 10.9 Å². The first-order valence-corrected chi connectivity index (χ1v) is 11.4. The van der Waals surface area contributed by atoms with E-state index in [0.717, 1.165) is 41.8 Å². The normalized spacial score (nSPS) is 15.6. The Bertz CT molecular complexity index is 1090. The summed E-state index contributed by atoms with van der Waals surface area (Å²) in [6.07, 6.45) is 6.85. The van der Waals surface area contributed by atoms with Crippen LogP contribution in [-0.2, 0) is 13.0 Å². The highest BCUT2D eigenvalue weighted by atomic mass is 32.2. The maximum atomic E-state index is 13.3. The number of nitrogens with one attached hydrogen (secondary N) is 1. The van der Waals surface area contributed by atoms with Crippen molar-refractivity contribution >= 4 is 23.5 Å². The third-order valence-electron chi connectivity index (χ3n) is 5.49. The van der Waals surface area contributed by atoms with Crippen LogP contribution in [0.1, 0.15) is 56.4 Å². The molecule has 0 spiro atoms. The Hall–Kier alpha value is -2.54. The van der Waals surface area contributed by atoms with Gasteiger partial charge >= 0.3 is 0 Å². The van der Waals surface area contributed by atoms with Crippen molar-refractivity contribution in [2.75, 3.05) is 0 Å². The number of hydrogen-bond acceptors (Lipinski definition) is 6. The molecule has 2 aliphatic rings. The molecular weight excluding hydrogens is 396 g/mol. The number of aromatic hydroxyl groups is 1. The maximum Gasteiger partial charge on any atom is 0.281 e. The van der Waals surface area contributed by atoms with Crippen LogP contribution in [0.4, 0.5) is 5.69 Å². The van der Waals surface area contributed by atoms with Gasteiger partial charge in [0.2, 0.25) is 0 Å². The number of fused-ring (bicyclic) bond motifs is 1. The zero-order chi connectivity index (χ0) is 21.3. The van der Waals surface area contributed by atoms with Crippen molar-refractivity contribution in [3.8, 4) is 5.75 Å². The summed E-state index contributed by atoms with van der Waals surface area (Å²) >= 11 is 1.41. The number of aliphatic imine (C=N–C) groups is 1. The van der Waals surface area contributed by atoms with E-state index in [2.05, 4.69) is 40.8 Å². The Morgan fingerprint density at radius 3 is 2.90 bits per heavy atom. The van der Waals surface area contributed by atoms with E-state index in [1.165, 1.54) is 22.2 Å². The Kier molecular flexibility index (Phi) is 5.99. The predicted molar refractivity (Wildman–Crippen MR) is 122 cm³/mol. The molecule has 7 heteroatoms. The standard InChI is InChI=1S/C23H28N4O2S/c1-14(2)10-11-27-23(29)20(21(28)18(25-27)13-16-6-4-5-7-16)22-24-17-9-8-15(3)12-19(17)30-26-22/h6,8-9,12,14,28H,4-5,7,10-11,13H2,1-3H3,(H,24,26). The Balaban J connectivity index is 1.80. The zero-order valence-electron chi connectivity index (χ0n) is 17.7. The predicted octanol–water partition coefficient (Wildman–Crippen LogP) is 4.64. The van der Waals surface area contributed by atoms with E-state index in [1.807, 2.05) is 19.1 Å². The van der Waals surface area contributed by atoms with Gasteiger partial charge in [0, 0.05) is 13.0 Å². The lowest BCUT2D eigenvalue weighted by Gasteiger charge is -2.19. The van der Waals surface area contributed by atoms with Crippen LogP contribution < -0.4 is 10.3 Å². The van der Waals surface area contributed by atoms with Crippen molar-refractivity contribution in [3.63, 3.8) is 0 Å². The number of hydrogen-bond donors (Lipinski definition) is 2. The second kappa shape index (κ2) is 8.68. The molecule has 0 unspecified atom stereocenters. The van der Waals surface area contributed by atoms with Crippen LogP contribution in [0.2, 0.25) is 0 Å². The molecule has 4 rings (SSSR count). The van der Waals surface area contributed by atoms with E-state index in [-0.39, 0.29) is 16.9 Å². The van der Waals surface area contributed by atoms with Gasteiger partial charge in [-0.25, -0.2) is 9.67 Å². The number of nitrogens with zero attached hydrogens (tertiary/aromatic N) is 3. The molecule has 0 bridgehead atoms. The van der Waals surface area contributed by atoms with E-state index in [0.29, 0.717) is 30.4 Å². The van der Waals surface area contributed by atoms with Gasteiger partial charge in [0.05, 0.1) is 10.6 Å². The van der Waals surface area contributed by atoms with E-state index in [9.17, 15) is 9.90 Å². The number of allylic oxidation sites excluding steroid dienone is 2. The lowest BCUT2D eigenvalue weighted by Crippen LogP contribution is -2.34. The number of aryl methyl sites for hydroxylation is 2. The highest BCUT2D eigenvalue weighted by molar-refractivity contribution is 7.98. The van der Waals surface area contributed by atoms with Crippen LogP contribution in [0.5, 0.6) is 5.75 Å². The average Bonchev–Trinajstić information content (AvgIpc) is 3.22. The highest BCUT2D eigenvalue weighted by Gasteiger charge is 2.25. The highest BCUT2D eigenvalue weighted by Crippen LogP contribution is 2.34. The Morgan fingerprint density at radius 1 is 1.33 bits per heavy atom. The number of aromatic nitrogens is 2. The Labute approximate surface area is 181 Å². The van der Waals surface area contributed by atoms with Gasteiger partial charge in [-0.1, -0.05) is 31.6 Å². The minimum Gasteiger partial charge on any atom is -0.505 e. The van der Waals surface area contributed by atoms with Crippen molar-refractivity contribution in [2.45, 2.75) is 64.3 Å². The molecule has 1 aromatic carbocycles. The minimum atomic E-state index is -0.306. The third-order valence-corrected chi connectivity index (χ3v) is 6.33. The molecule has 0 radical (unpaired) electrons. The number of amidine groups is 1. The fourth-order valence-electron chi connectivity index (χ4n) is 3.74. The molecular formula is C23H28N4O2S. The van der Waals surface area contributed by atoms with E-state index >= 15 is 0 Å². The molecule has 1 aromatic heterocycles. The number of rotatable bonds is 6. The summed E-state index contributed by atoms with van der Waals surface area (Å²) in [6, 6.07) is 5.99. The van der Waals surface area contributed by atoms with Crippen molar-refractivity contribution < 1.29 is 5.11 Å². The molecule has 1 aliphatic carbocycles. The van der Waals surface area contributed by atoms with Crippen LogP contribution in [0.3, 0.4) is 0 Å². The topological polar surface area (TPSA) is 79.5 Å². The van der Waals surface area contributed by atoms with E-state index in [1.54, 1.807) is 0 Å². The summed E-state index contributed by atoms with van der Waals surface area (Å²) in [4.78, 5) is 18.9. The third kappa shape index (κ3) is 4.31. The summed E-state index contributed by atoms with van der Waals surface area (Å²) in [5, 5.41) is 15.6. The fourth-order valence-corrected chi connectivity index (χ4v) is 4.56. The zero-order valence-corrected chi connectivity index (χ0v) is 18.6. The van der Waals surface area contributed by atoms with Crippen molar-refractivity contribution in [1.29, 1.82) is 0 Å². The van der Waals surface area contributed by atoms with Gasteiger partial charge < -0.3 is 9.83 Å². The maximum absolute atomic E-state index is 13.3. The first-order valence-electron chi connectivity index (χ1n) is 10.6. The number of benzene rings is 1. The SMILES string of the molecule is Cc1ccc2c(c1)SNC(c1c(O)c(CC3=CCCC3)nn(CCC(C)C)c1=O)=N2. The quantitative estimate of drug-likeness (QED) is 0.521. The van der Waals surface area contributed by atoms with Gasteiger partial charge in [-0.05, 0) is 68.2 Å². The fraction of sp³-hybridized carbons (Fsp3) is 0.435. The molecule has 0 fully saturated rings. The molecule has 30 heavy (non-hydrogen) atoms. The van der Waals surface area contributed by atoms with Gasteiger partial charge in [-0.2, -0.15) is 5.10 Å². The van der Waals surface area contributed by atoms with E-state index in [4.69, 9.17) is 0 Å². The molecule has 2 heterocycles. The van der Waals surface area contributed by atoms with Crippen LogP contribution >= 0.6 is 11.9 Å². The second-order valence-electron chi connectivity index (χ2n) is 8.45. The molecule has 0 atom stereocenters. The first-order chi connectivity index (χ1) is 14.4. The molecule has 6 nitrogen and oxygen atoms in total. The van der Waals surface area contributed by atoms with Gasteiger partial charge in [0.15, 0.2) is 11.6 Å². The van der Waals surface area contributed by atoms with Gasteiger partial charge in [-0.15, -0.1) is 0 Å². The monoisotopic (exact) mass is 424 g/mol. The van der Waals surface area contributed by atoms with Gasteiger partial charge in [-0.3, -0.25) is 4.79 Å². The minimum absolute atomic E-state index is 0.0593. The lowest BCUT2D eigenvalue weighted by molar-refractivity contribution is 0.430. The molecule has 2 N–H and O–H groups in total. The van der Waals surface area contributed by atoms with Crippen LogP contribution in [-0.4, -0.2) is 20.7 Å². The summed E-state index contributed by atoms with van der Waals surface area (Å²) in [6.45, 7) is 6.80. The molecule has 158 valence electrons. The van der Waals surface area contributed by atoms with Gasteiger partial charge in [0.25, 0.3) is 5.56 Å². The van der Waals surface area contributed by atoms with Crippen LogP contribution in [0.15, 0.2) is 44.5 Å². The van der Waals surface area contributed by atoms with E-state index < -0.39 is 0 Å². The smallest absolute Gasteiger partial charge is 0.281 e. The average molecular weight is 425 g/mol. The summed E-state index contributed by atoms with van der Waals surface area (Å²) < 4.78 is 4.66. The van der Waals surface area contributed by atoms with Crippen molar-refractivity contribution in [1.82, 2.24) is 14.5 Å². The van der Waals surface area contributed by atoms with Crippen LogP contribution in [0.25, 0.3) is 0 Å². The summed E-state index contributed by atoms with van der Waals surface area (Å²) in [7, 11) is 0. The Morgan fingerprint density at radius 2 is 2.17 bits per heavy atom. The van der Waals surface area contributed by atoms with Crippen LogP contribution in [0, 0.1) is 12.8 Å². The largest absolute Gasteiger partial charge is 0.505 e. The molecule has 0 amide bonds.